The average Bonchev–Trinajstić information content (AvgIpc) is 2.66. The van der Waals surface area contributed by atoms with Gasteiger partial charge in [0.05, 0.1) is 12.7 Å². The molecule has 2 N–H and O–H groups in total. The van der Waals surface area contributed by atoms with Crippen molar-refractivity contribution in [3.8, 4) is 0 Å². The molecule has 0 aromatic heterocycles. The highest BCUT2D eigenvalue weighted by Crippen LogP contribution is 2.39. The van der Waals surface area contributed by atoms with Crippen LogP contribution in [0.1, 0.15) is 41.6 Å². The Labute approximate surface area is 152 Å². The molecule has 142 valence electrons. The molecule has 1 aromatic rings. The van der Waals surface area contributed by atoms with Crippen molar-refractivity contribution in [2.75, 3.05) is 20.3 Å². The number of carboxylic acids is 1. The summed E-state index contributed by atoms with van der Waals surface area (Å²) in [5.74, 6) is -2.19. The SMILES string of the molecule is CCO[C@@H]1OC(C(=O)O)=C[C@H](c2ccc(C(=O)OC)cc2)[C@@H]1CCCO. The molecular weight excluding hydrogens is 340 g/mol. The maximum Gasteiger partial charge on any atom is 0.370 e. The largest absolute Gasteiger partial charge is 0.475 e. The smallest absolute Gasteiger partial charge is 0.370 e. The molecule has 1 aliphatic heterocycles. The summed E-state index contributed by atoms with van der Waals surface area (Å²) in [6.45, 7) is 2.21. The first-order valence-corrected chi connectivity index (χ1v) is 8.54. The predicted octanol–water partition coefficient (Wildman–Crippen LogP) is 2.31. The summed E-state index contributed by atoms with van der Waals surface area (Å²) in [5.41, 5.74) is 1.26. The molecule has 0 saturated heterocycles. The minimum Gasteiger partial charge on any atom is -0.475 e. The molecule has 0 unspecified atom stereocenters. The third-order valence-electron chi connectivity index (χ3n) is 4.34. The van der Waals surface area contributed by atoms with Gasteiger partial charge in [-0.15, -0.1) is 0 Å². The maximum absolute atomic E-state index is 11.6. The number of carbonyl (C=O) groups excluding carboxylic acids is 1. The summed E-state index contributed by atoms with van der Waals surface area (Å²) < 4.78 is 15.8. The van der Waals surface area contributed by atoms with E-state index < -0.39 is 18.2 Å². The highest BCUT2D eigenvalue weighted by molar-refractivity contribution is 5.89. The molecule has 1 heterocycles. The molecule has 26 heavy (non-hydrogen) atoms. The van der Waals surface area contributed by atoms with E-state index in [0.29, 0.717) is 25.0 Å². The van der Waals surface area contributed by atoms with Crippen molar-refractivity contribution in [2.45, 2.75) is 32.0 Å². The van der Waals surface area contributed by atoms with Gasteiger partial charge in [-0.25, -0.2) is 9.59 Å². The lowest BCUT2D eigenvalue weighted by Crippen LogP contribution is -2.36. The minimum absolute atomic E-state index is 0.0266. The summed E-state index contributed by atoms with van der Waals surface area (Å²) >= 11 is 0. The van der Waals surface area contributed by atoms with Crippen molar-refractivity contribution in [2.24, 2.45) is 5.92 Å². The number of allylic oxidation sites excluding steroid dienone is 1. The van der Waals surface area contributed by atoms with Gasteiger partial charge >= 0.3 is 11.9 Å². The van der Waals surface area contributed by atoms with E-state index in [4.69, 9.17) is 14.2 Å². The first-order chi connectivity index (χ1) is 12.5. The predicted molar refractivity (Wildman–Crippen MR) is 92.6 cm³/mol. The Balaban J connectivity index is 2.38. The number of esters is 1. The maximum atomic E-state index is 11.6. The molecule has 0 aliphatic carbocycles. The van der Waals surface area contributed by atoms with Crippen LogP contribution < -0.4 is 0 Å². The van der Waals surface area contributed by atoms with Gasteiger partial charge in [0, 0.05) is 25.0 Å². The first kappa shape index (κ1) is 19.9. The fourth-order valence-electron chi connectivity index (χ4n) is 3.10. The van der Waals surface area contributed by atoms with E-state index in [9.17, 15) is 19.8 Å². The van der Waals surface area contributed by atoms with Crippen molar-refractivity contribution in [3.63, 3.8) is 0 Å². The van der Waals surface area contributed by atoms with Gasteiger partial charge in [-0.05, 0) is 43.5 Å². The molecule has 2 rings (SSSR count). The zero-order valence-corrected chi connectivity index (χ0v) is 14.9. The van der Waals surface area contributed by atoms with Crippen molar-refractivity contribution in [3.05, 3.63) is 47.2 Å². The fourth-order valence-corrected chi connectivity index (χ4v) is 3.10. The average molecular weight is 364 g/mol. The number of aliphatic hydroxyl groups excluding tert-OH is 1. The first-order valence-electron chi connectivity index (χ1n) is 8.54. The van der Waals surface area contributed by atoms with Gasteiger partial charge in [-0.3, -0.25) is 0 Å². The summed E-state index contributed by atoms with van der Waals surface area (Å²) in [6, 6.07) is 6.83. The van der Waals surface area contributed by atoms with Crippen LogP contribution in [0, 0.1) is 5.92 Å². The van der Waals surface area contributed by atoms with Crippen LogP contribution in [0.25, 0.3) is 0 Å². The number of aliphatic hydroxyl groups is 1. The molecule has 1 aliphatic rings. The number of aliphatic carboxylic acids is 1. The van der Waals surface area contributed by atoms with E-state index in [-0.39, 0.29) is 24.2 Å². The number of ether oxygens (including phenoxy) is 3. The minimum atomic E-state index is -1.16. The van der Waals surface area contributed by atoms with Crippen LogP contribution in [-0.2, 0) is 19.0 Å². The van der Waals surface area contributed by atoms with E-state index in [1.165, 1.54) is 7.11 Å². The van der Waals surface area contributed by atoms with Crippen LogP contribution in [0.15, 0.2) is 36.1 Å². The summed E-state index contributed by atoms with van der Waals surface area (Å²) in [4.78, 5) is 23.0. The van der Waals surface area contributed by atoms with E-state index in [1.807, 2.05) is 6.92 Å². The molecule has 1 aromatic carbocycles. The molecule has 7 nitrogen and oxygen atoms in total. The highest BCUT2D eigenvalue weighted by atomic mass is 16.7. The number of methoxy groups -OCH3 is 1. The van der Waals surface area contributed by atoms with Gasteiger partial charge in [-0.1, -0.05) is 12.1 Å². The van der Waals surface area contributed by atoms with E-state index in [0.717, 1.165) is 5.56 Å². The van der Waals surface area contributed by atoms with Crippen molar-refractivity contribution in [1.29, 1.82) is 0 Å². The number of carbonyl (C=O) groups is 2. The molecule has 7 heteroatoms. The topological polar surface area (TPSA) is 102 Å². The molecule has 0 fully saturated rings. The van der Waals surface area contributed by atoms with Crippen molar-refractivity contribution >= 4 is 11.9 Å². The lowest BCUT2D eigenvalue weighted by molar-refractivity contribution is -0.173. The Morgan fingerprint density at radius 3 is 2.46 bits per heavy atom. The number of rotatable bonds is 8. The second-order valence-corrected chi connectivity index (χ2v) is 5.95. The lowest BCUT2D eigenvalue weighted by Gasteiger charge is -2.36. The number of benzene rings is 1. The Kier molecular flexibility index (Phi) is 7.17. The van der Waals surface area contributed by atoms with Crippen LogP contribution in [0.2, 0.25) is 0 Å². The Hall–Kier alpha value is -2.38. The normalized spacial score (nSPS) is 22.3. The van der Waals surface area contributed by atoms with Crippen LogP contribution in [0.3, 0.4) is 0 Å². The van der Waals surface area contributed by atoms with Gasteiger partial charge in [0.1, 0.15) is 0 Å². The molecule has 0 bridgehead atoms. The van der Waals surface area contributed by atoms with Crippen LogP contribution >= 0.6 is 0 Å². The van der Waals surface area contributed by atoms with Crippen LogP contribution in [0.5, 0.6) is 0 Å². The second-order valence-electron chi connectivity index (χ2n) is 5.95. The third kappa shape index (κ3) is 4.62. The zero-order chi connectivity index (χ0) is 19.1. The highest BCUT2D eigenvalue weighted by Gasteiger charge is 2.37. The van der Waals surface area contributed by atoms with Gasteiger partial charge in [-0.2, -0.15) is 0 Å². The van der Waals surface area contributed by atoms with E-state index >= 15 is 0 Å². The monoisotopic (exact) mass is 364 g/mol. The summed E-state index contributed by atoms with van der Waals surface area (Å²) in [5, 5.41) is 18.5. The second kappa shape index (κ2) is 9.35. The Bertz CT molecular complexity index is 650. The molecule has 0 spiro atoms. The van der Waals surface area contributed by atoms with Gasteiger partial charge in [0.2, 0.25) is 12.0 Å². The Morgan fingerprint density at radius 1 is 1.23 bits per heavy atom. The number of hydrogen-bond acceptors (Lipinski definition) is 6. The van der Waals surface area contributed by atoms with Gasteiger partial charge in [0.25, 0.3) is 0 Å². The lowest BCUT2D eigenvalue weighted by atomic mass is 9.80. The van der Waals surface area contributed by atoms with E-state index in [1.54, 1.807) is 30.3 Å². The number of carboxylic acid groups (broad SMARTS) is 1. The van der Waals surface area contributed by atoms with Crippen molar-refractivity contribution in [1.82, 2.24) is 0 Å². The molecular formula is C19H24O7. The number of hydrogen-bond donors (Lipinski definition) is 2. The quantitative estimate of drug-likeness (QED) is 0.682. The van der Waals surface area contributed by atoms with Crippen molar-refractivity contribution < 1.29 is 34.0 Å². The summed E-state index contributed by atoms with van der Waals surface area (Å²) in [7, 11) is 1.31. The van der Waals surface area contributed by atoms with E-state index in [2.05, 4.69) is 0 Å². The zero-order valence-electron chi connectivity index (χ0n) is 14.9. The van der Waals surface area contributed by atoms with Gasteiger partial charge in [0.15, 0.2) is 0 Å². The molecule has 0 amide bonds. The Morgan fingerprint density at radius 2 is 1.92 bits per heavy atom. The summed E-state index contributed by atoms with van der Waals surface area (Å²) in [6.07, 6.45) is 2.00. The molecule has 0 radical (unpaired) electrons. The molecule has 3 atom stereocenters. The third-order valence-corrected chi connectivity index (χ3v) is 4.34. The molecule has 0 saturated carbocycles. The van der Waals surface area contributed by atoms with Gasteiger partial charge < -0.3 is 24.4 Å². The van der Waals surface area contributed by atoms with Crippen LogP contribution in [0.4, 0.5) is 0 Å². The van der Waals surface area contributed by atoms with Crippen LogP contribution in [-0.4, -0.2) is 48.8 Å². The fraction of sp³-hybridized carbons (Fsp3) is 0.474. The standard InChI is InChI=1S/C19H24O7/c1-3-25-19-14(5-4-10-20)15(11-16(26-19)17(21)22)12-6-8-13(9-7-12)18(23)24-2/h6-9,11,14-15,19-20H,3-5,10H2,1-2H3,(H,21,22)/t14-,15+,19+/m0/s1.